The highest BCUT2D eigenvalue weighted by Gasteiger charge is 2.14. The molecule has 0 aliphatic rings. The fourth-order valence-corrected chi connectivity index (χ4v) is 8.02. The van der Waals surface area contributed by atoms with Crippen LogP contribution in [0.1, 0.15) is 265 Å². The molecule has 0 aliphatic heterocycles. The zero-order valence-electron chi connectivity index (χ0n) is 39.2. The van der Waals surface area contributed by atoms with Gasteiger partial charge in [0, 0.05) is 71.4 Å². The van der Waals surface area contributed by atoms with Crippen molar-refractivity contribution in [3.8, 4) is 0 Å². The van der Waals surface area contributed by atoms with Crippen molar-refractivity contribution < 1.29 is 14.4 Å². The van der Waals surface area contributed by atoms with E-state index < -0.39 is 0 Å². The van der Waals surface area contributed by atoms with Crippen LogP contribution in [-0.2, 0) is 14.4 Å². The van der Waals surface area contributed by atoms with Crippen LogP contribution in [0.15, 0.2) is 0 Å². The van der Waals surface area contributed by atoms with Crippen LogP contribution < -0.4 is 5.32 Å². The Morgan fingerprint density at radius 1 is 0.316 bits per heavy atom. The lowest BCUT2D eigenvalue weighted by molar-refractivity contribution is -0.122. The fourth-order valence-electron chi connectivity index (χ4n) is 8.02. The van der Waals surface area contributed by atoms with E-state index in [1.165, 1.54) is 173 Å². The zero-order chi connectivity index (χ0) is 41.7. The molecule has 0 atom stereocenters. The Labute approximate surface area is 357 Å². The highest BCUT2D eigenvalue weighted by Crippen LogP contribution is 2.15. The van der Waals surface area contributed by atoms with E-state index in [0.717, 1.165) is 77.9 Å². The summed E-state index contributed by atoms with van der Waals surface area (Å²) in [5, 5.41) is 3.15. The summed E-state index contributed by atoms with van der Waals surface area (Å²) in [5.41, 5.74) is 0. The van der Waals surface area contributed by atoms with Crippen LogP contribution >= 0.6 is 0 Å². The number of hydrogen-bond acceptors (Lipinski definition) is 5. The minimum atomic E-state index is 0.155. The summed E-state index contributed by atoms with van der Waals surface area (Å²) in [6.45, 7) is 14.6. The third-order valence-electron chi connectivity index (χ3n) is 12.2. The fraction of sp³-hybridized carbons (Fsp3) is 0.941. The third kappa shape index (κ3) is 42.7. The van der Waals surface area contributed by atoms with Crippen molar-refractivity contribution in [2.75, 3.05) is 45.8 Å². The molecule has 6 heteroatoms. The van der Waals surface area contributed by atoms with Gasteiger partial charge >= 0.3 is 0 Å². The molecular formula is C51H101N3O3. The van der Waals surface area contributed by atoms with Crippen LogP contribution in [0.4, 0.5) is 0 Å². The van der Waals surface area contributed by atoms with Crippen LogP contribution in [-0.4, -0.2) is 73.1 Å². The molecule has 0 saturated carbocycles. The van der Waals surface area contributed by atoms with Crippen molar-refractivity contribution in [2.24, 2.45) is 0 Å². The quantitative estimate of drug-likeness (QED) is 0.0621. The van der Waals surface area contributed by atoms with Gasteiger partial charge in [0.15, 0.2) is 0 Å². The summed E-state index contributed by atoms with van der Waals surface area (Å²) in [5.74, 6) is 0.895. The van der Waals surface area contributed by atoms with Gasteiger partial charge in [0.1, 0.15) is 11.6 Å². The third-order valence-corrected chi connectivity index (χ3v) is 12.2. The molecule has 0 saturated heterocycles. The van der Waals surface area contributed by atoms with E-state index in [2.05, 4.69) is 42.8 Å². The van der Waals surface area contributed by atoms with Gasteiger partial charge in [0.25, 0.3) is 0 Å². The summed E-state index contributed by atoms with van der Waals surface area (Å²) < 4.78 is 0. The van der Waals surface area contributed by atoms with Gasteiger partial charge in [-0.1, -0.05) is 214 Å². The van der Waals surface area contributed by atoms with Gasteiger partial charge < -0.3 is 15.1 Å². The number of likely N-dealkylation sites (N-methyl/N-ethyl adjacent to an activating group) is 1. The lowest BCUT2D eigenvalue weighted by Gasteiger charge is -2.27. The van der Waals surface area contributed by atoms with Crippen LogP contribution in [0, 0.1) is 0 Å². The van der Waals surface area contributed by atoms with Crippen molar-refractivity contribution >= 4 is 17.5 Å². The second-order valence-corrected chi connectivity index (χ2v) is 17.7. The molecule has 0 aromatic carbocycles. The van der Waals surface area contributed by atoms with E-state index in [-0.39, 0.29) is 5.91 Å². The highest BCUT2D eigenvalue weighted by molar-refractivity contribution is 5.79. The molecule has 338 valence electrons. The first kappa shape index (κ1) is 55.7. The molecule has 1 N–H and O–H groups in total. The van der Waals surface area contributed by atoms with E-state index in [0.29, 0.717) is 43.7 Å². The molecule has 0 heterocycles. The van der Waals surface area contributed by atoms with Gasteiger partial charge in [-0.3, -0.25) is 14.4 Å². The molecule has 0 bridgehead atoms. The Bertz CT molecular complexity index is 823. The van der Waals surface area contributed by atoms with Crippen molar-refractivity contribution in [3.63, 3.8) is 0 Å². The first-order valence-corrected chi connectivity index (χ1v) is 25.7. The summed E-state index contributed by atoms with van der Waals surface area (Å²) in [4.78, 5) is 43.2. The molecule has 6 nitrogen and oxygen atoms in total. The van der Waals surface area contributed by atoms with E-state index in [1.807, 2.05) is 0 Å². The maximum Gasteiger partial charge on any atom is 0.221 e. The minimum absolute atomic E-state index is 0.155. The Kier molecular flexibility index (Phi) is 44.8. The largest absolute Gasteiger partial charge is 0.356 e. The summed E-state index contributed by atoms with van der Waals surface area (Å²) >= 11 is 0. The summed E-state index contributed by atoms with van der Waals surface area (Å²) in [6.07, 6.45) is 44.7. The molecule has 57 heavy (non-hydrogen) atoms. The second kappa shape index (κ2) is 45.8. The van der Waals surface area contributed by atoms with Crippen LogP contribution in [0.2, 0.25) is 0 Å². The second-order valence-electron chi connectivity index (χ2n) is 17.7. The minimum Gasteiger partial charge on any atom is -0.356 e. The predicted molar refractivity (Wildman–Crippen MR) is 249 cm³/mol. The van der Waals surface area contributed by atoms with Crippen LogP contribution in [0.5, 0.6) is 0 Å². The monoisotopic (exact) mass is 804 g/mol. The van der Waals surface area contributed by atoms with Crippen LogP contribution in [0.25, 0.3) is 0 Å². The number of nitrogens with one attached hydrogen (secondary N) is 1. The number of rotatable bonds is 48. The smallest absolute Gasteiger partial charge is 0.221 e. The van der Waals surface area contributed by atoms with Crippen molar-refractivity contribution in [1.29, 1.82) is 0 Å². The summed E-state index contributed by atoms with van der Waals surface area (Å²) in [7, 11) is 0. The zero-order valence-corrected chi connectivity index (χ0v) is 39.2. The van der Waals surface area contributed by atoms with Gasteiger partial charge in [-0.25, -0.2) is 0 Å². The maximum absolute atomic E-state index is 12.9. The molecule has 0 radical (unpaired) electrons. The molecule has 0 rings (SSSR count). The van der Waals surface area contributed by atoms with Gasteiger partial charge in [0.2, 0.25) is 5.91 Å². The number of carbonyl (C=O) groups is 3. The van der Waals surface area contributed by atoms with Crippen molar-refractivity contribution in [1.82, 2.24) is 15.1 Å². The number of unbranched alkanes of at least 4 members (excludes halogenated alkanes) is 29. The first-order valence-electron chi connectivity index (χ1n) is 25.7. The average Bonchev–Trinajstić information content (AvgIpc) is 3.21. The number of Topliss-reactive ketones (excluding diaryl/α,β-unsaturated/α-hetero) is 2. The molecule has 0 aromatic rings. The van der Waals surface area contributed by atoms with Crippen molar-refractivity contribution in [3.05, 3.63) is 0 Å². The Morgan fingerprint density at radius 2 is 0.614 bits per heavy atom. The topological polar surface area (TPSA) is 69.7 Å². The lowest BCUT2D eigenvalue weighted by Crippen LogP contribution is -2.39. The van der Waals surface area contributed by atoms with E-state index >= 15 is 0 Å². The number of nitrogens with zero attached hydrogens (tertiary/aromatic N) is 2. The first-order chi connectivity index (χ1) is 28.0. The molecular weight excluding hydrogens is 703 g/mol. The molecule has 0 unspecified atom stereocenters. The standard InChI is InChI=1S/C51H101N3O3/c1-5-9-12-15-18-21-24-26-29-32-35-38-49(55)40-44-54(45-41-50(56)39-36-33-30-27-25-22-19-16-13-10-6-2)48-47-53(8-4)46-42-51(57)52-43-37-34-31-28-23-20-17-14-11-7-3/h5-48H2,1-4H3,(H,52,57). The van der Waals surface area contributed by atoms with E-state index in [9.17, 15) is 14.4 Å². The van der Waals surface area contributed by atoms with Crippen molar-refractivity contribution in [2.45, 2.75) is 265 Å². The maximum atomic E-state index is 12.9. The Balaban J connectivity index is 4.51. The highest BCUT2D eigenvalue weighted by atomic mass is 16.1. The molecule has 0 fully saturated rings. The van der Waals surface area contributed by atoms with Gasteiger partial charge in [-0.2, -0.15) is 0 Å². The van der Waals surface area contributed by atoms with Gasteiger partial charge in [-0.05, 0) is 25.8 Å². The van der Waals surface area contributed by atoms with E-state index in [4.69, 9.17) is 0 Å². The molecule has 0 aliphatic carbocycles. The number of hydrogen-bond donors (Lipinski definition) is 1. The number of ketones is 2. The number of carbonyl (C=O) groups excluding carboxylic acids is 3. The van der Waals surface area contributed by atoms with E-state index in [1.54, 1.807) is 0 Å². The lowest BCUT2D eigenvalue weighted by atomic mass is 10.0. The molecule has 1 amide bonds. The number of amides is 1. The molecule has 0 spiro atoms. The Morgan fingerprint density at radius 3 is 0.965 bits per heavy atom. The molecule has 0 aromatic heterocycles. The Hall–Kier alpha value is -1.27. The van der Waals surface area contributed by atoms with Crippen LogP contribution in [0.3, 0.4) is 0 Å². The summed E-state index contributed by atoms with van der Waals surface area (Å²) in [6, 6.07) is 0. The average molecular weight is 804 g/mol. The SMILES string of the molecule is CCCCCCCCCCCCCC(=O)CCN(CCC(=O)CCCCCCCCCCCCC)CCN(CC)CCC(=O)NCCCCCCCCCCCC. The normalized spacial score (nSPS) is 11.6. The predicted octanol–water partition coefficient (Wildman–Crippen LogP) is 14.4. The van der Waals surface area contributed by atoms with Gasteiger partial charge in [0.05, 0.1) is 0 Å². The van der Waals surface area contributed by atoms with Gasteiger partial charge in [-0.15, -0.1) is 0 Å².